The molecule has 0 aliphatic carbocycles. The van der Waals surface area contributed by atoms with Crippen molar-refractivity contribution in [3.63, 3.8) is 0 Å². The second-order valence-corrected chi connectivity index (χ2v) is 2.88. The van der Waals surface area contributed by atoms with Crippen LogP contribution < -0.4 is 0 Å². The van der Waals surface area contributed by atoms with E-state index in [0.717, 1.165) is 6.92 Å². The van der Waals surface area contributed by atoms with Crippen LogP contribution in [-0.2, 0) is 6.18 Å². The molecule has 0 aliphatic heterocycles. The maximum Gasteiger partial charge on any atom is 0.416 e. The Balaban J connectivity index is 3.39. The van der Waals surface area contributed by atoms with Gasteiger partial charge in [-0.2, -0.15) is 17.6 Å². The number of nitro groups is 1. The van der Waals surface area contributed by atoms with E-state index in [1.54, 1.807) is 0 Å². The lowest BCUT2D eigenvalue weighted by Crippen LogP contribution is -2.07. The van der Waals surface area contributed by atoms with Gasteiger partial charge in [0.2, 0.25) is 5.82 Å². The van der Waals surface area contributed by atoms with Crippen LogP contribution in [0, 0.1) is 22.9 Å². The number of hydrogen-bond acceptors (Lipinski definition) is 2. The van der Waals surface area contributed by atoms with E-state index in [4.69, 9.17) is 0 Å². The molecule has 0 fully saturated rings. The van der Waals surface area contributed by atoms with Gasteiger partial charge in [0.25, 0.3) is 0 Å². The first-order chi connectivity index (χ1) is 6.73. The second kappa shape index (κ2) is 3.48. The van der Waals surface area contributed by atoms with Gasteiger partial charge >= 0.3 is 11.9 Å². The van der Waals surface area contributed by atoms with Crippen LogP contribution in [0.3, 0.4) is 0 Å². The number of aryl methyl sites for hydroxylation is 1. The fourth-order valence-electron chi connectivity index (χ4n) is 1.13. The third-order valence-electron chi connectivity index (χ3n) is 1.76. The lowest BCUT2D eigenvalue weighted by molar-refractivity contribution is -0.388. The highest BCUT2D eigenvalue weighted by atomic mass is 19.4. The van der Waals surface area contributed by atoms with Crippen molar-refractivity contribution in [3.8, 4) is 0 Å². The average molecular weight is 223 g/mol. The molecule has 1 rings (SSSR count). The second-order valence-electron chi connectivity index (χ2n) is 2.88. The number of nitrogens with zero attached hydrogens (tertiary/aromatic N) is 1. The van der Waals surface area contributed by atoms with Crippen molar-refractivity contribution in [2.45, 2.75) is 13.1 Å². The average Bonchev–Trinajstić information content (AvgIpc) is 1.99. The summed E-state index contributed by atoms with van der Waals surface area (Å²) in [5, 5.41) is 10.3. The first-order valence-corrected chi connectivity index (χ1v) is 3.75. The minimum Gasteiger partial charge on any atom is -0.258 e. The monoisotopic (exact) mass is 223 g/mol. The predicted molar refractivity (Wildman–Crippen MR) is 42.8 cm³/mol. The van der Waals surface area contributed by atoms with E-state index >= 15 is 0 Å². The van der Waals surface area contributed by atoms with Gasteiger partial charge < -0.3 is 0 Å². The molecule has 82 valence electrons. The predicted octanol–water partition coefficient (Wildman–Crippen LogP) is 3.06. The van der Waals surface area contributed by atoms with Crippen molar-refractivity contribution in [2.75, 3.05) is 0 Å². The molecule has 0 heterocycles. The van der Waals surface area contributed by atoms with Crippen molar-refractivity contribution in [1.29, 1.82) is 0 Å². The third kappa shape index (κ3) is 2.23. The smallest absolute Gasteiger partial charge is 0.258 e. The Hall–Kier alpha value is -1.66. The molecule has 15 heavy (non-hydrogen) atoms. The highest BCUT2D eigenvalue weighted by Crippen LogP contribution is 2.33. The summed E-state index contributed by atoms with van der Waals surface area (Å²) in [6, 6.07) is 0.659. The molecule has 1 aromatic carbocycles. The van der Waals surface area contributed by atoms with Crippen LogP contribution in [0.25, 0.3) is 0 Å². The molecule has 0 saturated carbocycles. The SMILES string of the molecule is Cc1cc(C(F)(F)F)cc(F)c1[N+](=O)[O-]. The summed E-state index contributed by atoms with van der Waals surface area (Å²) in [7, 11) is 0. The molecular weight excluding hydrogens is 218 g/mol. The maximum absolute atomic E-state index is 13.0. The fraction of sp³-hybridized carbons (Fsp3) is 0.250. The van der Waals surface area contributed by atoms with Crippen molar-refractivity contribution < 1.29 is 22.5 Å². The summed E-state index contributed by atoms with van der Waals surface area (Å²) < 4.78 is 49.4. The first kappa shape index (κ1) is 11.4. The molecule has 1 aromatic rings. The lowest BCUT2D eigenvalue weighted by atomic mass is 10.1. The van der Waals surface area contributed by atoms with Crippen LogP contribution >= 0.6 is 0 Å². The molecule has 0 amide bonds. The standard InChI is InChI=1S/C8H5F4NO2/c1-4-2-5(8(10,11)12)3-6(9)7(4)13(14)15/h2-3H,1H3. The first-order valence-electron chi connectivity index (χ1n) is 3.75. The van der Waals surface area contributed by atoms with Gasteiger partial charge in [0.15, 0.2) is 0 Å². The Bertz CT molecular complexity index is 391. The van der Waals surface area contributed by atoms with Crippen molar-refractivity contribution in [2.24, 2.45) is 0 Å². The summed E-state index contributed by atoms with van der Waals surface area (Å²) in [5.74, 6) is -1.48. The van der Waals surface area contributed by atoms with Gasteiger partial charge in [0.05, 0.1) is 10.5 Å². The lowest BCUT2D eigenvalue weighted by Gasteiger charge is -2.07. The zero-order chi connectivity index (χ0) is 11.8. The Morgan fingerprint density at radius 2 is 1.87 bits per heavy atom. The molecule has 0 N–H and O–H groups in total. The fourth-order valence-corrected chi connectivity index (χ4v) is 1.13. The number of alkyl halides is 3. The highest BCUT2D eigenvalue weighted by molar-refractivity contribution is 5.44. The van der Waals surface area contributed by atoms with E-state index in [1.807, 2.05) is 0 Å². The molecule has 3 nitrogen and oxygen atoms in total. The zero-order valence-electron chi connectivity index (χ0n) is 7.43. The molecule has 0 atom stereocenters. The highest BCUT2D eigenvalue weighted by Gasteiger charge is 2.33. The van der Waals surface area contributed by atoms with E-state index in [9.17, 15) is 27.7 Å². The Labute approximate surface area is 81.5 Å². The summed E-state index contributed by atoms with van der Waals surface area (Å²) in [5.41, 5.74) is -2.52. The molecule has 0 saturated heterocycles. The van der Waals surface area contributed by atoms with Crippen LogP contribution in [0.5, 0.6) is 0 Å². The normalized spacial score (nSPS) is 11.5. The molecule has 0 unspecified atom stereocenters. The Morgan fingerprint density at radius 1 is 1.33 bits per heavy atom. The van der Waals surface area contributed by atoms with Crippen molar-refractivity contribution in [1.82, 2.24) is 0 Å². The van der Waals surface area contributed by atoms with E-state index in [2.05, 4.69) is 0 Å². The van der Waals surface area contributed by atoms with E-state index < -0.39 is 28.2 Å². The summed E-state index contributed by atoms with van der Waals surface area (Å²) >= 11 is 0. The number of nitro benzene ring substituents is 1. The number of rotatable bonds is 1. The third-order valence-corrected chi connectivity index (χ3v) is 1.76. The number of benzene rings is 1. The molecular formula is C8H5F4NO2. The quantitative estimate of drug-likeness (QED) is 0.417. The summed E-state index contributed by atoms with van der Waals surface area (Å²) in [6.45, 7) is 1.05. The molecule has 7 heteroatoms. The largest absolute Gasteiger partial charge is 0.416 e. The summed E-state index contributed by atoms with van der Waals surface area (Å²) in [4.78, 5) is 9.24. The zero-order valence-corrected chi connectivity index (χ0v) is 7.43. The minimum absolute atomic E-state index is 0.116. The molecule has 0 aromatic heterocycles. The van der Waals surface area contributed by atoms with Gasteiger partial charge in [0.1, 0.15) is 0 Å². The van der Waals surface area contributed by atoms with E-state index in [0.29, 0.717) is 6.07 Å². The van der Waals surface area contributed by atoms with Crippen molar-refractivity contribution in [3.05, 3.63) is 39.2 Å². The molecule has 0 radical (unpaired) electrons. The van der Waals surface area contributed by atoms with Crippen LogP contribution in [0.15, 0.2) is 12.1 Å². The van der Waals surface area contributed by atoms with Gasteiger partial charge in [-0.05, 0) is 19.1 Å². The molecule has 0 spiro atoms. The molecule has 0 aliphatic rings. The number of hydrogen-bond donors (Lipinski definition) is 0. The maximum atomic E-state index is 13.0. The minimum atomic E-state index is -4.71. The van der Waals surface area contributed by atoms with E-state index in [-0.39, 0.29) is 11.6 Å². The van der Waals surface area contributed by atoms with Crippen LogP contribution in [0.2, 0.25) is 0 Å². The van der Waals surface area contributed by atoms with Crippen molar-refractivity contribution >= 4 is 5.69 Å². The molecule has 0 bridgehead atoms. The van der Waals surface area contributed by atoms with Crippen LogP contribution in [0.1, 0.15) is 11.1 Å². The van der Waals surface area contributed by atoms with Gasteiger partial charge in [-0.3, -0.25) is 10.1 Å². The Morgan fingerprint density at radius 3 is 2.20 bits per heavy atom. The van der Waals surface area contributed by atoms with Gasteiger partial charge in [-0.15, -0.1) is 0 Å². The topological polar surface area (TPSA) is 43.1 Å². The Kier molecular flexibility index (Phi) is 2.65. The van der Waals surface area contributed by atoms with Gasteiger partial charge in [-0.25, -0.2) is 0 Å². The van der Waals surface area contributed by atoms with E-state index in [1.165, 1.54) is 0 Å². The summed E-state index contributed by atoms with van der Waals surface area (Å²) in [6.07, 6.45) is -4.71. The van der Waals surface area contributed by atoms with Gasteiger partial charge in [0, 0.05) is 5.56 Å². The van der Waals surface area contributed by atoms with Crippen LogP contribution in [-0.4, -0.2) is 4.92 Å². The van der Waals surface area contributed by atoms with Crippen LogP contribution in [0.4, 0.5) is 23.2 Å². The van der Waals surface area contributed by atoms with Gasteiger partial charge in [-0.1, -0.05) is 0 Å². The number of halogens is 4.